The molecule has 2 heterocycles. The van der Waals surface area contributed by atoms with Gasteiger partial charge in [0.2, 0.25) is 0 Å². The van der Waals surface area contributed by atoms with E-state index in [9.17, 15) is 4.39 Å². The van der Waals surface area contributed by atoms with Crippen LogP contribution in [0.3, 0.4) is 0 Å². The topological polar surface area (TPSA) is 31.4 Å². The summed E-state index contributed by atoms with van der Waals surface area (Å²) in [4.78, 5) is 4.92. The van der Waals surface area contributed by atoms with Crippen molar-refractivity contribution >= 4 is 10.8 Å². The Morgan fingerprint density at radius 3 is 2.42 bits per heavy atom. The molecule has 0 bridgehead atoms. The maximum absolute atomic E-state index is 13.6. The number of fused-ring (bicyclic) bond motifs is 1. The molecule has 0 unspecified atom stereocenters. The van der Waals surface area contributed by atoms with Crippen LogP contribution < -0.4 is 4.74 Å². The first-order valence-corrected chi connectivity index (χ1v) is 10.7. The number of aromatic nitrogens is 1. The van der Waals surface area contributed by atoms with Crippen molar-refractivity contribution in [3.05, 3.63) is 96.1 Å². The Hall–Kier alpha value is -3.24. The SMILES string of the molecule is Fc1ccc(-c2c(C3CCOCC3)ncc3c(OCc4ccccc4)cccc23)cc1. The summed E-state index contributed by atoms with van der Waals surface area (Å²) in [5, 5.41) is 2.04. The van der Waals surface area contributed by atoms with E-state index >= 15 is 0 Å². The highest BCUT2D eigenvalue weighted by Crippen LogP contribution is 2.40. The number of benzene rings is 3. The number of nitrogens with zero attached hydrogens (tertiary/aromatic N) is 1. The summed E-state index contributed by atoms with van der Waals surface area (Å²) in [6.07, 6.45) is 3.81. The molecular formula is C27H24FNO2. The van der Waals surface area contributed by atoms with Crippen LogP contribution in [0.25, 0.3) is 21.9 Å². The van der Waals surface area contributed by atoms with Crippen LogP contribution in [0.4, 0.5) is 4.39 Å². The van der Waals surface area contributed by atoms with Crippen molar-refractivity contribution in [3.63, 3.8) is 0 Å². The van der Waals surface area contributed by atoms with Gasteiger partial charge in [-0.2, -0.15) is 0 Å². The van der Waals surface area contributed by atoms with E-state index in [1.165, 1.54) is 12.1 Å². The second-order valence-electron chi connectivity index (χ2n) is 7.90. The van der Waals surface area contributed by atoms with Crippen LogP contribution in [0.5, 0.6) is 5.75 Å². The summed E-state index contributed by atoms with van der Waals surface area (Å²) in [5.41, 5.74) is 4.21. The first-order valence-electron chi connectivity index (χ1n) is 10.7. The standard InChI is InChI=1S/C27H24FNO2/c28-22-11-9-20(10-12-22)26-23-7-4-8-25(31-18-19-5-2-1-3-6-19)24(23)17-29-27(26)21-13-15-30-16-14-21/h1-12,17,21H,13-16,18H2. The molecule has 0 saturated carbocycles. The Morgan fingerprint density at radius 1 is 0.871 bits per heavy atom. The fourth-order valence-electron chi connectivity index (χ4n) is 4.29. The highest BCUT2D eigenvalue weighted by Gasteiger charge is 2.23. The molecule has 1 aliphatic rings. The number of pyridine rings is 1. The van der Waals surface area contributed by atoms with E-state index in [1.807, 2.05) is 48.7 Å². The van der Waals surface area contributed by atoms with Crippen molar-refractivity contribution in [1.82, 2.24) is 4.98 Å². The molecule has 5 rings (SSSR count). The first-order chi connectivity index (χ1) is 15.3. The van der Waals surface area contributed by atoms with Gasteiger partial charge in [-0.05, 0) is 47.6 Å². The molecule has 1 saturated heterocycles. The second kappa shape index (κ2) is 8.86. The van der Waals surface area contributed by atoms with E-state index in [2.05, 4.69) is 18.2 Å². The lowest BCUT2D eigenvalue weighted by molar-refractivity contribution is 0.0846. The average molecular weight is 413 g/mol. The van der Waals surface area contributed by atoms with E-state index < -0.39 is 0 Å². The fourth-order valence-corrected chi connectivity index (χ4v) is 4.29. The Bertz CT molecular complexity index is 1170. The van der Waals surface area contributed by atoms with Gasteiger partial charge >= 0.3 is 0 Å². The number of hydrogen-bond donors (Lipinski definition) is 0. The van der Waals surface area contributed by atoms with Gasteiger partial charge in [0, 0.05) is 36.3 Å². The van der Waals surface area contributed by atoms with Crippen LogP contribution in [-0.4, -0.2) is 18.2 Å². The summed E-state index contributed by atoms with van der Waals surface area (Å²) in [6.45, 7) is 1.98. The lowest BCUT2D eigenvalue weighted by Crippen LogP contribution is -2.16. The maximum atomic E-state index is 13.6. The molecule has 0 N–H and O–H groups in total. The molecule has 3 aromatic carbocycles. The lowest BCUT2D eigenvalue weighted by Gasteiger charge is -2.25. The van der Waals surface area contributed by atoms with Crippen LogP contribution in [-0.2, 0) is 11.3 Å². The third-order valence-corrected chi connectivity index (χ3v) is 5.90. The average Bonchev–Trinajstić information content (AvgIpc) is 2.84. The van der Waals surface area contributed by atoms with Gasteiger partial charge in [0.1, 0.15) is 18.2 Å². The zero-order valence-electron chi connectivity index (χ0n) is 17.3. The number of halogens is 1. The molecule has 4 aromatic rings. The molecule has 3 nitrogen and oxygen atoms in total. The quantitative estimate of drug-likeness (QED) is 0.373. The van der Waals surface area contributed by atoms with E-state index in [1.54, 1.807) is 0 Å². The number of ether oxygens (including phenoxy) is 2. The molecule has 1 aliphatic heterocycles. The Balaban J connectivity index is 1.61. The van der Waals surface area contributed by atoms with E-state index in [4.69, 9.17) is 14.5 Å². The van der Waals surface area contributed by atoms with Crippen molar-refractivity contribution in [3.8, 4) is 16.9 Å². The lowest BCUT2D eigenvalue weighted by atomic mass is 9.87. The Kier molecular flexibility index (Phi) is 5.63. The molecule has 0 amide bonds. The van der Waals surface area contributed by atoms with Crippen LogP contribution in [0.2, 0.25) is 0 Å². The van der Waals surface area contributed by atoms with Gasteiger partial charge in [-0.25, -0.2) is 4.39 Å². The van der Waals surface area contributed by atoms with Gasteiger partial charge in [-0.3, -0.25) is 4.98 Å². The van der Waals surface area contributed by atoms with Gasteiger partial charge in [-0.15, -0.1) is 0 Å². The first kappa shape index (κ1) is 19.7. The molecule has 0 aliphatic carbocycles. The van der Waals surface area contributed by atoms with Crippen molar-refractivity contribution in [2.45, 2.75) is 25.4 Å². The molecular weight excluding hydrogens is 389 g/mol. The smallest absolute Gasteiger partial charge is 0.129 e. The Morgan fingerprint density at radius 2 is 1.65 bits per heavy atom. The van der Waals surface area contributed by atoms with Crippen LogP contribution in [0.15, 0.2) is 79.0 Å². The predicted molar refractivity (Wildman–Crippen MR) is 121 cm³/mol. The summed E-state index contributed by atoms with van der Waals surface area (Å²) in [6, 6.07) is 22.9. The van der Waals surface area contributed by atoms with Gasteiger partial charge in [-0.1, -0.05) is 54.6 Å². The monoisotopic (exact) mass is 413 g/mol. The van der Waals surface area contributed by atoms with E-state index in [-0.39, 0.29) is 5.82 Å². The zero-order chi connectivity index (χ0) is 21.0. The van der Waals surface area contributed by atoms with E-state index in [0.717, 1.165) is 65.0 Å². The summed E-state index contributed by atoms with van der Waals surface area (Å²) < 4.78 is 25.4. The third-order valence-electron chi connectivity index (χ3n) is 5.90. The normalized spacial score (nSPS) is 14.6. The summed E-state index contributed by atoms with van der Waals surface area (Å²) in [5.74, 6) is 0.888. The van der Waals surface area contributed by atoms with Gasteiger partial charge in [0.05, 0.1) is 5.69 Å². The highest BCUT2D eigenvalue weighted by molar-refractivity contribution is 6.00. The Labute approximate surface area is 181 Å². The molecule has 31 heavy (non-hydrogen) atoms. The molecule has 0 atom stereocenters. The molecule has 156 valence electrons. The van der Waals surface area contributed by atoms with Gasteiger partial charge in [0.15, 0.2) is 0 Å². The van der Waals surface area contributed by atoms with Crippen LogP contribution >= 0.6 is 0 Å². The largest absolute Gasteiger partial charge is 0.488 e. The minimum Gasteiger partial charge on any atom is -0.488 e. The summed E-state index contributed by atoms with van der Waals surface area (Å²) >= 11 is 0. The predicted octanol–water partition coefficient (Wildman–Crippen LogP) is 6.51. The third kappa shape index (κ3) is 4.17. The van der Waals surface area contributed by atoms with Crippen molar-refractivity contribution in [2.75, 3.05) is 13.2 Å². The van der Waals surface area contributed by atoms with E-state index in [0.29, 0.717) is 12.5 Å². The molecule has 4 heteroatoms. The molecule has 0 spiro atoms. The van der Waals surface area contributed by atoms with Crippen LogP contribution in [0, 0.1) is 5.82 Å². The molecule has 0 radical (unpaired) electrons. The minimum absolute atomic E-state index is 0.239. The highest BCUT2D eigenvalue weighted by atomic mass is 19.1. The minimum atomic E-state index is -0.239. The van der Waals surface area contributed by atoms with Crippen molar-refractivity contribution < 1.29 is 13.9 Å². The van der Waals surface area contributed by atoms with Crippen molar-refractivity contribution in [2.24, 2.45) is 0 Å². The number of hydrogen-bond acceptors (Lipinski definition) is 3. The van der Waals surface area contributed by atoms with Gasteiger partial charge in [0.25, 0.3) is 0 Å². The fraction of sp³-hybridized carbons (Fsp3) is 0.222. The van der Waals surface area contributed by atoms with Crippen molar-refractivity contribution in [1.29, 1.82) is 0 Å². The van der Waals surface area contributed by atoms with Gasteiger partial charge < -0.3 is 9.47 Å². The molecule has 1 aromatic heterocycles. The van der Waals surface area contributed by atoms with Crippen LogP contribution in [0.1, 0.15) is 30.0 Å². The summed E-state index contributed by atoms with van der Waals surface area (Å²) in [7, 11) is 0. The number of rotatable bonds is 5. The second-order valence-corrected chi connectivity index (χ2v) is 7.90. The maximum Gasteiger partial charge on any atom is 0.129 e. The molecule has 1 fully saturated rings. The zero-order valence-corrected chi connectivity index (χ0v) is 17.3.